The maximum absolute atomic E-state index is 14.5. The zero-order valence-corrected chi connectivity index (χ0v) is 38.5. The average molecular weight is 912 g/mol. The maximum Gasteiger partial charge on any atom is 0.243 e. The number of para-hydroxylation sites is 2. The zero-order chi connectivity index (χ0) is 47.7. The van der Waals surface area contributed by atoms with Crippen LogP contribution in [0.1, 0.15) is 121 Å². The molecule has 360 valence electrons. The van der Waals surface area contributed by atoms with Crippen molar-refractivity contribution in [3.8, 4) is 0 Å². The van der Waals surface area contributed by atoms with Crippen LogP contribution in [0.5, 0.6) is 0 Å². The number of primary amides is 1. The number of carbonyl (C=O) groups excluding carboxylic acids is 5. The number of guanidine groups is 2. The normalized spacial score (nSPS) is 13.0. The van der Waals surface area contributed by atoms with Gasteiger partial charge < -0.3 is 59.9 Å². The van der Waals surface area contributed by atoms with E-state index in [0.29, 0.717) is 12.8 Å². The zero-order valence-electron chi connectivity index (χ0n) is 38.5. The number of carbonyl (C=O) groups is 5. The third kappa shape index (κ3) is 18.1. The first kappa shape index (κ1) is 52.0. The number of aliphatic imine (C=N–C) groups is 2. The van der Waals surface area contributed by atoms with Gasteiger partial charge in [0.1, 0.15) is 24.2 Å². The van der Waals surface area contributed by atoms with Crippen LogP contribution >= 0.6 is 0 Å². The Morgan fingerprint density at radius 1 is 0.515 bits per heavy atom. The molecule has 0 aliphatic rings. The molecule has 66 heavy (non-hydrogen) atoms. The molecule has 2 heterocycles. The van der Waals surface area contributed by atoms with Crippen molar-refractivity contribution in [2.75, 3.05) is 13.1 Å². The monoisotopic (exact) mass is 912 g/mol. The van der Waals surface area contributed by atoms with E-state index in [1.54, 1.807) is 12.4 Å². The minimum absolute atomic E-state index is 0.0296. The van der Waals surface area contributed by atoms with Crippen LogP contribution in [0.4, 0.5) is 0 Å². The first-order chi connectivity index (χ1) is 31.9. The average Bonchev–Trinajstić information content (AvgIpc) is 3.90. The molecule has 0 aliphatic carbocycles. The molecule has 4 atom stereocenters. The van der Waals surface area contributed by atoms with E-state index >= 15 is 0 Å². The molecule has 0 spiro atoms. The summed E-state index contributed by atoms with van der Waals surface area (Å²) in [6.45, 7) is 2.60. The number of amides is 5. The minimum Gasteiger partial charge on any atom is -0.370 e. The topological polar surface area (TPSA) is 320 Å². The van der Waals surface area contributed by atoms with E-state index < -0.39 is 47.8 Å². The lowest BCUT2D eigenvalue weighted by atomic mass is 10.0. The molecule has 0 bridgehead atoms. The molecular formula is C48H73N13O5. The Balaban J connectivity index is 1.51. The standard InChI is InChI=1S/C48H73N13O5/c1-2-3-4-5-6-7-8-9-10-11-12-25-42(62)58-38(23-17-26-54-47(50)51)44(64)61-41(29-33-31-57-37-22-16-14-20-35(33)37)46(66)59-39(24-18-27-55-48(52)53)45(65)60-40(43(49)63)28-32-30-56-36-21-15-13-19-34(32)36/h13-16,19-22,30-31,38-41,56-57H,2-12,17-18,23-29H2,1H3,(H2,49,63)(H,58,62)(H,59,66)(H,60,65)(H,61,64)(H4,50,51,54)(H4,52,53,55)/t38-,39-,40-,41-/m0/s1. The number of H-pyrrole nitrogens is 2. The van der Waals surface area contributed by atoms with Gasteiger partial charge in [0.25, 0.3) is 0 Å². The Hall–Kier alpha value is -6.59. The molecule has 0 unspecified atom stereocenters. The molecule has 2 aromatic heterocycles. The molecule has 0 saturated carbocycles. The molecule has 0 aliphatic heterocycles. The highest BCUT2D eigenvalue weighted by Crippen LogP contribution is 2.21. The van der Waals surface area contributed by atoms with Crippen LogP contribution in [-0.4, -0.2) is 88.7 Å². The van der Waals surface area contributed by atoms with E-state index in [-0.39, 0.29) is 69.4 Å². The van der Waals surface area contributed by atoms with E-state index in [4.69, 9.17) is 28.7 Å². The fourth-order valence-electron chi connectivity index (χ4n) is 8.05. The predicted octanol–water partition coefficient (Wildman–Crippen LogP) is 3.67. The van der Waals surface area contributed by atoms with Crippen molar-refractivity contribution in [1.29, 1.82) is 0 Å². The molecule has 2 aromatic carbocycles. The molecule has 18 nitrogen and oxygen atoms in total. The Morgan fingerprint density at radius 2 is 0.924 bits per heavy atom. The molecule has 4 aromatic rings. The SMILES string of the molecule is CCCCCCCCCCCCCC(=O)N[C@@H](CCCN=C(N)N)C(=O)N[C@@H](Cc1c[nH]c2ccccc12)C(=O)N[C@@H](CCCN=C(N)N)C(=O)N[C@@H](Cc1c[nH]c2ccccc12)C(N)=O. The fourth-order valence-corrected chi connectivity index (χ4v) is 8.05. The van der Waals surface area contributed by atoms with E-state index in [1.807, 2.05) is 48.5 Å². The number of hydrogen-bond acceptors (Lipinski definition) is 7. The Labute approximate surface area is 387 Å². The van der Waals surface area contributed by atoms with Gasteiger partial charge in [0.15, 0.2) is 11.9 Å². The van der Waals surface area contributed by atoms with Crippen molar-refractivity contribution in [3.05, 3.63) is 72.1 Å². The third-order valence-electron chi connectivity index (χ3n) is 11.7. The molecular weight excluding hydrogens is 839 g/mol. The lowest BCUT2D eigenvalue weighted by Gasteiger charge is -2.26. The highest BCUT2D eigenvalue weighted by molar-refractivity contribution is 5.96. The minimum atomic E-state index is -1.22. The number of nitrogens with zero attached hydrogens (tertiary/aromatic N) is 2. The number of unbranched alkanes of at least 4 members (excludes halogenated alkanes) is 10. The molecule has 16 N–H and O–H groups in total. The number of aromatic amines is 2. The lowest BCUT2D eigenvalue weighted by molar-refractivity contribution is -0.134. The number of fused-ring (bicyclic) bond motifs is 2. The Kier molecular flexibility index (Phi) is 22.4. The van der Waals surface area contributed by atoms with Crippen molar-refractivity contribution < 1.29 is 24.0 Å². The van der Waals surface area contributed by atoms with E-state index in [1.165, 1.54) is 44.9 Å². The Bertz CT molecular complexity index is 2210. The van der Waals surface area contributed by atoms with Crippen LogP contribution in [0.2, 0.25) is 0 Å². The summed E-state index contributed by atoms with van der Waals surface area (Å²) in [6.07, 6.45) is 17.4. The molecule has 5 amide bonds. The van der Waals surface area contributed by atoms with Gasteiger partial charge in [-0.25, -0.2) is 0 Å². The van der Waals surface area contributed by atoms with Crippen LogP contribution in [0, 0.1) is 0 Å². The molecule has 0 radical (unpaired) electrons. The van der Waals surface area contributed by atoms with Gasteiger partial charge in [0.05, 0.1) is 0 Å². The van der Waals surface area contributed by atoms with Gasteiger partial charge >= 0.3 is 0 Å². The van der Waals surface area contributed by atoms with Crippen LogP contribution < -0.4 is 49.9 Å². The smallest absolute Gasteiger partial charge is 0.243 e. The summed E-state index contributed by atoms with van der Waals surface area (Å²) < 4.78 is 0. The number of nitrogens with one attached hydrogen (secondary N) is 6. The Morgan fingerprint density at radius 3 is 1.41 bits per heavy atom. The third-order valence-corrected chi connectivity index (χ3v) is 11.7. The van der Waals surface area contributed by atoms with Gasteiger partial charge in [0, 0.05) is 66.6 Å². The molecule has 4 rings (SSSR count). The van der Waals surface area contributed by atoms with Crippen LogP contribution in [0.15, 0.2) is 70.9 Å². The highest BCUT2D eigenvalue weighted by Gasteiger charge is 2.32. The number of benzene rings is 2. The van der Waals surface area contributed by atoms with Crippen LogP contribution in [0.25, 0.3) is 21.8 Å². The lowest BCUT2D eigenvalue weighted by Crippen LogP contribution is -2.58. The summed E-state index contributed by atoms with van der Waals surface area (Å²) in [5.74, 6) is -3.19. The van der Waals surface area contributed by atoms with Crippen molar-refractivity contribution in [2.45, 2.75) is 147 Å². The second-order valence-electron chi connectivity index (χ2n) is 17.0. The van der Waals surface area contributed by atoms with Crippen molar-refractivity contribution in [2.24, 2.45) is 38.7 Å². The van der Waals surface area contributed by atoms with E-state index in [2.05, 4.69) is 48.1 Å². The molecule has 0 saturated heterocycles. The largest absolute Gasteiger partial charge is 0.370 e. The number of aromatic nitrogens is 2. The van der Waals surface area contributed by atoms with Gasteiger partial charge in [-0.15, -0.1) is 0 Å². The van der Waals surface area contributed by atoms with Crippen LogP contribution in [0.3, 0.4) is 0 Å². The summed E-state index contributed by atoms with van der Waals surface area (Å²) in [7, 11) is 0. The van der Waals surface area contributed by atoms with Gasteiger partial charge in [0.2, 0.25) is 29.5 Å². The van der Waals surface area contributed by atoms with Gasteiger partial charge in [-0.3, -0.25) is 34.0 Å². The number of rotatable bonds is 32. The second-order valence-corrected chi connectivity index (χ2v) is 17.0. The van der Waals surface area contributed by atoms with Gasteiger partial charge in [-0.1, -0.05) is 108 Å². The number of hydrogen-bond donors (Lipinski definition) is 11. The fraction of sp³-hybridized carbons (Fsp3) is 0.521. The van der Waals surface area contributed by atoms with Crippen molar-refractivity contribution in [1.82, 2.24) is 31.2 Å². The van der Waals surface area contributed by atoms with Gasteiger partial charge in [-0.05, 0) is 55.4 Å². The first-order valence-corrected chi connectivity index (χ1v) is 23.6. The quantitative estimate of drug-likeness (QED) is 0.0193. The van der Waals surface area contributed by atoms with Crippen molar-refractivity contribution in [3.63, 3.8) is 0 Å². The summed E-state index contributed by atoms with van der Waals surface area (Å²) in [5, 5.41) is 13.1. The maximum atomic E-state index is 14.5. The second kappa shape index (κ2) is 28.3. The van der Waals surface area contributed by atoms with E-state index in [9.17, 15) is 24.0 Å². The summed E-state index contributed by atoms with van der Waals surface area (Å²) in [5.41, 5.74) is 31.2. The molecule has 18 heteroatoms. The number of nitrogens with two attached hydrogens (primary N) is 5. The van der Waals surface area contributed by atoms with Crippen LogP contribution in [-0.2, 0) is 36.8 Å². The first-order valence-electron chi connectivity index (χ1n) is 23.6. The molecule has 0 fully saturated rings. The van der Waals surface area contributed by atoms with Crippen molar-refractivity contribution >= 4 is 63.3 Å². The summed E-state index contributed by atoms with van der Waals surface area (Å²) >= 11 is 0. The predicted molar refractivity (Wildman–Crippen MR) is 262 cm³/mol. The summed E-state index contributed by atoms with van der Waals surface area (Å²) in [4.78, 5) is 83.4. The highest BCUT2D eigenvalue weighted by atomic mass is 16.2. The van der Waals surface area contributed by atoms with Gasteiger partial charge in [-0.2, -0.15) is 0 Å². The van der Waals surface area contributed by atoms with E-state index in [0.717, 1.165) is 52.2 Å². The summed E-state index contributed by atoms with van der Waals surface area (Å²) in [6, 6.07) is 10.5.